The number of amides is 3. The summed E-state index contributed by atoms with van der Waals surface area (Å²) in [7, 11) is 2.95. The third-order valence-corrected chi connectivity index (χ3v) is 5.54. The van der Waals surface area contributed by atoms with E-state index in [2.05, 4.69) is 22.1 Å². The van der Waals surface area contributed by atoms with Gasteiger partial charge in [-0.15, -0.1) is 10.2 Å². The highest BCUT2D eigenvalue weighted by Gasteiger charge is 2.55. The number of aryl methyl sites for hydroxylation is 1. The fraction of sp³-hybridized carbons (Fsp3) is 0.294. The average Bonchev–Trinajstić information content (AvgIpc) is 3.20. The number of azo groups is 1. The van der Waals surface area contributed by atoms with Crippen molar-refractivity contribution in [1.82, 2.24) is 9.80 Å². The van der Waals surface area contributed by atoms with Crippen molar-refractivity contribution in [3.63, 3.8) is 0 Å². The lowest BCUT2D eigenvalue weighted by molar-refractivity contribution is -0.679. The van der Waals surface area contributed by atoms with Gasteiger partial charge in [0.1, 0.15) is 0 Å². The van der Waals surface area contributed by atoms with E-state index in [0.717, 1.165) is 22.7 Å². The minimum atomic E-state index is -0.878. The van der Waals surface area contributed by atoms with Gasteiger partial charge in [-0.25, -0.2) is 4.79 Å². The van der Waals surface area contributed by atoms with E-state index in [-0.39, 0.29) is 10.9 Å². The molecular formula is C17H17N6O3S+. The Morgan fingerprint density at radius 2 is 1.89 bits per heavy atom. The molecule has 9 nitrogen and oxygen atoms in total. The number of carbonyl (C=O) groups is 2. The number of fused-ring (bicyclic) bond motifs is 3. The first kappa shape index (κ1) is 17.3. The molecule has 1 aromatic heterocycles. The van der Waals surface area contributed by atoms with Crippen LogP contribution in [0.25, 0.3) is 0 Å². The van der Waals surface area contributed by atoms with Crippen LogP contribution in [0.15, 0.2) is 39.5 Å². The van der Waals surface area contributed by atoms with Crippen LogP contribution in [0.2, 0.25) is 0 Å². The minimum Gasteiger partial charge on any atom is -0.475 e. The molecule has 138 valence electrons. The van der Waals surface area contributed by atoms with Crippen LogP contribution in [-0.4, -0.2) is 46.8 Å². The van der Waals surface area contributed by atoms with E-state index in [1.807, 2.05) is 24.3 Å². The molecule has 3 heterocycles. The van der Waals surface area contributed by atoms with E-state index in [1.54, 1.807) is 7.05 Å². The van der Waals surface area contributed by atoms with E-state index in [9.17, 15) is 14.7 Å². The van der Waals surface area contributed by atoms with Crippen molar-refractivity contribution in [3.05, 3.63) is 29.8 Å². The highest BCUT2D eigenvalue weighted by Crippen LogP contribution is 2.42. The van der Waals surface area contributed by atoms with Gasteiger partial charge in [-0.1, -0.05) is 19.1 Å². The molecule has 1 saturated heterocycles. The van der Waals surface area contributed by atoms with Gasteiger partial charge in [-0.05, 0) is 40.4 Å². The van der Waals surface area contributed by atoms with Gasteiger partial charge in [0.15, 0.2) is 0 Å². The zero-order chi connectivity index (χ0) is 19.3. The maximum absolute atomic E-state index is 12.5. The van der Waals surface area contributed by atoms with Crippen LogP contribution in [0.4, 0.5) is 20.6 Å². The van der Waals surface area contributed by atoms with Crippen molar-refractivity contribution in [2.45, 2.75) is 19.4 Å². The Labute approximate surface area is 158 Å². The number of aromatic hydroxyl groups is 1. The van der Waals surface area contributed by atoms with Crippen LogP contribution in [0.5, 0.6) is 5.88 Å². The first-order chi connectivity index (χ1) is 12.9. The number of imide groups is 1. The number of hydrogen-bond donors (Lipinski definition) is 1. The number of benzene rings is 1. The molecule has 0 aliphatic carbocycles. The Bertz CT molecular complexity index is 1010. The van der Waals surface area contributed by atoms with E-state index < -0.39 is 18.0 Å². The molecule has 4 rings (SSSR count). The molecule has 2 aliphatic rings. The number of amidine groups is 1. The monoisotopic (exact) mass is 385 g/mol. The average molecular weight is 385 g/mol. The fourth-order valence-electron chi connectivity index (χ4n) is 3.01. The molecule has 3 amide bonds. The fourth-order valence-corrected chi connectivity index (χ4v) is 3.88. The van der Waals surface area contributed by atoms with Crippen LogP contribution in [0.1, 0.15) is 18.5 Å². The van der Waals surface area contributed by atoms with Gasteiger partial charge in [-0.3, -0.25) is 14.6 Å². The quantitative estimate of drug-likeness (QED) is 0.649. The molecule has 1 N–H and O–H groups in total. The summed E-state index contributed by atoms with van der Waals surface area (Å²) in [6.07, 6.45) is 0.938. The first-order valence-corrected chi connectivity index (χ1v) is 9.15. The lowest BCUT2D eigenvalue weighted by Crippen LogP contribution is -2.61. The largest absolute Gasteiger partial charge is 0.475 e. The zero-order valence-corrected chi connectivity index (χ0v) is 15.8. The lowest BCUT2D eigenvalue weighted by Gasteiger charge is -2.29. The Morgan fingerprint density at radius 3 is 2.56 bits per heavy atom. The van der Waals surface area contributed by atoms with Crippen molar-refractivity contribution in [2.24, 2.45) is 15.2 Å². The van der Waals surface area contributed by atoms with Crippen molar-refractivity contribution >= 4 is 44.9 Å². The first-order valence-electron chi connectivity index (χ1n) is 8.34. The van der Waals surface area contributed by atoms with Crippen molar-refractivity contribution in [1.29, 1.82) is 0 Å². The highest BCUT2D eigenvalue weighted by molar-refractivity contribution is 7.18. The summed E-state index contributed by atoms with van der Waals surface area (Å²) in [5, 5.41) is 19.5. The number of aliphatic imine (C=N–C) groups is 1. The maximum atomic E-state index is 12.5. The van der Waals surface area contributed by atoms with Crippen molar-refractivity contribution in [2.75, 3.05) is 14.1 Å². The van der Waals surface area contributed by atoms with Gasteiger partial charge in [0, 0.05) is 14.1 Å². The predicted octanol–water partition coefficient (Wildman–Crippen LogP) is 2.83. The number of carbonyl (C=O) groups excluding carboxylic acids is 2. The maximum Gasteiger partial charge on any atom is 0.390 e. The third kappa shape index (κ3) is 2.60. The second-order valence-electron chi connectivity index (χ2n) is 6.21. The van der Waals surface area contributed by atoms with Crippen LogP contribution >= 0.6 is 11.3 Å². The Hall–Kier alpha value is -3.14. The molecule has 0 saturated carbocycles. The van der Waals surface area contributed by atoms with Gasteiger partial charge < -0.3 is 5.11 Å². The van der Waals surface area contributed by atoms with Gasteiger partial charge >= 0.3 is 17.0 Å². The number of hydrogen-bond acceptors (Lipinski definition) is 7. The number of rotatable bonds is 3. The van der Waals surface area contributed by atoms with Gasteiger partial charge in [0.05, 0.1) is 5.69 Å². The summed E-state index contributed by atoms with van der Waals surface area (Å²) in [4.78, 5) is 31.3. The summed E-state index contributed by atoms with van der Waals surface area (Å²) in [6.45, 7) is 2.07. The van der Waals surface area contributed by atoms with Gasteiger partial charge in [0.25, 0.3) is 17.8 Å². The summed E-state index contributed by atoms with van der Waals surface area (Å²) in [5.41, 5.74) is 1.86. The van der Waals surface area contributed by atoms with Gasteiger partial charge in [0.2, 0.25) is 5.00 Å². The van der Waals surface area contributed by atoms with Crippen molar-refractivity contribution < 1.29 is 19.3 Å². The molecule has 10 heteroatoms. The van der Waals surface area contributed by atoms with Crippen LogP contribution < -0.4 is 4.57 Å². The predicted molar refractivity (Wildman–Crippen MR) is 98.2 cm³/mol. The molecule has 2 aliphatic heterocycles. The number of aromatic nitrogens is 1. The highest BCUT2D eigenvalue weighted by atomic mass is 32.1. The number of nitrogens with zero attached hydrogens (tertiary/aromatic N) is 6. The Morgan fingerprint density at radius 1 is 1.19 bits per heavy atom. The summed E-state index contributed by atoms with van der Waals surface area (Å²) in [5.74, 6) is -0.354. The molecule has 1 unspecified atom stereocenters. The molecule has 0 radical (unpaired) electrons. The number of urea groups is 1. The second kappa shape index (κ2) is 6.23. The Kier molecular flexibility index (Phi) is 3.99. The smallest absolute Gasteiger partial charge is 0.390 e. The zero-order valence-electron chi connectivity index (χ0n) is 14.9. The molecule has 0 bridgehead atoms. The molecule has 1 atom stereocenters. The molecule has 1 aromatic carbocycles. The van der Waals surface area contributed by atoms with E-state index in [0.29, 0.717) is 16.7 Å². The second-order valence-corrected chi connectivity index (χ2v) is 7.17. The molecular weight excluding hydrogens is 368 g/mol. The van der Waals surface area contributed by atoms with Crippen LogP contribution in [0, 0.1) is 0 Å². The summed E-state index contributed by atoms with van der Waals surface area (Å²) < 4.78 is 1.39. The number of thiazole rings is 1. The normalized spacial score (nSPS) is 18.9. The third-order valence-electron chi connectivity index (χ3n) is 4.61. The van der Waals surface area contributed by atoms with Crippen LogP contribution in [-0.2, 0) is 11.2 Å². The molecule has 27 heavy (non-hydrogen) atoms. The Balaban J connectivity index is 1.68. The van der Waals surface area contributed by atoms with Crippen molar-refractivity contribution in [3.8, 4) is 5.88 Å². The van der Waals surface area contributed by atoms with Crippen LogP contribution in [0.3, 0.4) is 0 Å². The number of likely N-dealkylation sites (N-methyl/N-ethyl adjacent to an activating group) is 2. The molecule has 2 aromatic rings. The van der Waals surface area contributed by atoms with E-state index in [1.165, 1.54) is 22.1 Å². The lowest BCUT2D eigenvalue weighted by atomic mass is 10.2. The standard InChI is InChI=1S/C17H16N6O3S/c1-4-9-5-7-10(8-6-9)19-20-13-15(25)23-11-12(18-16(23)27-13)21(2)17(26)22(3)14(11)24/h5-8,11H,4H2,1-3H3/p+1. The molecule has 0 spiro atoms. The van der Waals surface area contributed by atoms with E-state index in [4.69, 9.17) is 0 Å². The SMILES string of the molecule is CCc1ccc(N=Nc2sc3[n+](c2O)C2C(=O)N(C)C(=O)N(C)C2=N3)cc1. The topological polar surface area (TPSA) is 102 Å². The van der Waals surface area contributed by atoms with Gasteiger partial charge in [-0.2, -0.15) is 4.57 Å². The summed E-state index contributed by atoms with van der Waals surface area (Å²) in [6, 6.07) is 6.31. The summed E-state index contributed by atoms with van der Waals surface area (Å²) >= 11 is 1.10. The minimum absolute atomic E-state index is 0.197. The molecule has 1 fully saturated rings. The van der Waals surface area contributed by atoms with E-state index >= 15 is 0 Å².